The molecule has 0 bridgehead atoms. The topological polar surface area (TPSA) is 62.7 Å². The average molecular weight is 488 g/mol. The van der Waals surface area contributed by atoms with E-state index in [1.807, 2.05) is 17.9 Å². The second-order valence-electron chi connectivity index (χ2n) is 9.37. The van der Waals surface area contributed by atoms with Gasteiger partial charge in [-0.1, -0.05) is 11.6 Å². The minimum atomic E-state index is -0.530. The van der Waals surface area contributed by atoms with E-state index in [1.165, 1.54) is 12.3 Å². The van der Waals surface area contributed by atoms with Gasteiger partial charge in [0.2, 0.25) is 5.91 Å². The molecule has 6 nitrogen and oxygen atoms in total. The highest BCUT2D eigenvalue weighted by molar-refractivity contribution is 6.30. The summed E-state index contributed by atoms with van der Waals surface area (Å²) in [4.78, 5) is 33.8. The number of ether oxygens (including phenoxy) is 1. The van der Waals surface area contributed by atoms with Crippen LogP contribution in [0.25, 0.3) is 0 Å². The van der Waals surface area contributed by atoms with E-state index in [0.29, 0.717) is 24.7 Å². The minimum absolute atomic E-state index is 0.0219. The fourth-order valence-corrected chi connectivity index (χ4v) is 5.16. The molecule has 2 aliphatic heterocycles. The van der Waals surface area contributed by atoms with E-state index in [-0.39, 0.29) is 35.6 Å². The van der Waals surface area contributed by atoms with Crippen LogP contribution in [0.3, 0.4) is 0 Å². The first-order valence-corrected chi connectivity index (χ1v) is 12.2. The summed E-state index contributed by atoms with van der Waals surface area (Å²) in [6, 6.07) is 5.06. The summed E-state index contributed by atoms with van der Waals surface area (Å²) < 4.78 is 19.0. The van der Waals surface area contributed by atoms with Crippen LogP contribution in [-0.4, -0.2) is 65.4 Å². The molecule has 2 aromatic rings. The molecule has 0 N–H and O–H groups in total. The predicted molar refractivity (Wildman–Crippen MR) is 128 cm³/mol. The van der Waals surface area contributed by atoms with Crippen molar-refractivity contribution >= 4 is 23.3 Å². The van der Waals surface area contributed by atoms with Crippen LogP contribution in [0.4, 0.5) is 4.39 Å². The van der Waals surface area contributed by atoms with E-state index in [1.54, 1.807) is 6.07 Å². The van der Waals surface area contributed by atoms with E-state index < -0.39 is 5.82 Å². The summed E-state index contributed by atoms with van der Waals surface area (Å²) in [7, 11) is 0. The lowest BCUT2D eigenvalue weighted by molar-refractivity contribution is -0.144. The van der Waals surface area contributed by atoms with Gasteiger partial charge >= 0.3 is 0 Å². The molecule has 1 amide bonds. The van der Waals surface area contributed by atoms with Crippen molar-refractivity contribution in [2.75, 3.05) is 32.8 Å². The molecule has 4 rings (SSSR count). The van der Waals surface area contributed by atoms with E-state index in [0.717, 1.165) is 55.4 Å². The normalized spacial score (nSPS) is 21.5. The zero-order valence-corrected chi connectivity index (χ0v) is 20.5. The summed E-state index contributed by atoms with van der Waals surface area (Å²) in [6.07, 6.45) is 4.44. The Bertz CT molecular complexity index is 1060. The lowest BCUT2D eigenvalue weighted by Crippen LogP contribution is -2.55. The van der Waals surface area contributed by atoms with E-state index in [2.05, 4.69) is 16.8 Å². The van der Waals surface area contributed by atoms with Gasteiger partial charge in [-0.2, -0.15) is 0 Å². The van der Waals surface area contributed by atoms with Crippen LogP contribution in [0.5, 0.6) is 0 Å². The van der Waals surface area contributed by atoms with Gasteiger partial charge in [-0.05, 0) is 61.6 Å². The fraction of sp³-hybridized carbons (Fsp3) is 0.500. The number of nitrogens with zero attached hydrogens (tertiary/aromatic N) is 3. The number of benzene rings is 1. The Morgan fingerprint density at radius 1 is 1.21 bits per heavy atom. The Labute approximate surface area is 205 Å². The molecule has 0 unspecified atom stereocenters. The van der Waals surface area contributed by atoms with Crippen LogP contribution in [0, 0.1) is 18.7 Å². The number of hydrogen-bond donors (Lipinski definition) is 0. The molecule has 1 aromatic carbocycles. The SMILES string of the molecule is Cc1c(CC(=O)c2cncc(F)c2)cc(Cl)cc1CN1CCN(C(=O)[C@H]2CCCOC2)[C@@H](C)C1. The third-order valence-electron chi connectivity index (χ3n) is 6.86. The molecule has 0 radical (unpaired) electrons. The van der Waals surface area contributed by atoms with E-state index in [9.17, 15) is 14.0 Å². The minimum Gasteiger partial charge on any atom is -0.381 e. The summed E-state index contributed by atoms with van der Waals surface area (Å²) in [5, 5.41) is 0.569. The number of carbonyl (C=O) groups is 2. The molecule has 2 aliphatic rings. The second kappa shape index (κ2) is 10.9. The van der Waals surface area contributed by atoms with Gasteiger partial charge in [0.05, 0.1) is 18.7 Å². The van der Waals surface area contributed by atoms with Crippen molar-refractivity contribution in [3.8, 4) is 0 Å². The molecule has 0 aliphatic carbocycles. The third-order valence-corrected chi connectivity index (χ3v) is 7.08. The molecule has 0 spiro atoms. The molecule has 2 saturated heterocycles. The summed E-state index contributed by atoms with van der Waals surface area (Å²) in [6.45, 7) is 8.29. The molecule has 2 fully saturated rings. The molecule has 182 valence electrons. The number of amides is 1. The first kappa shape index (κ1) is 24.8. The predicted octanol–water partition coefficient (Wildman–Crippen LogP) is 4.07. The number of halogens is 2. The van der Waals surface area contributed by atoms with Crippen molar-refractivity contribution in [3.05, 3.63) is 63.7 Å². The molecule has 34 heavy (non-hydrogen) atoms. The number of rotatable bonds is 6. The number of piperazine rings is 1. The van der Waals surface area contributed by atoms with Gasteiger partial charge in [0.1, 0.15) is 5.82 Å². The molecule has 0 saturated carbocycles. The monoisotopic (exact) mass is 487 g/mol. The van der Waals surface area contributed by atoms with Gasteiger partial charge < -0.3 is 9.64 Å². The highest BCUT2D eigenvalue weighted by Gasteiger charge is 2.33. The van der Waals surface area contributed by atoms with Crippen LogP contribution in [0.1, 0.15) is 46.8 Å². The smallest absolute Gasteiger partial charge is 0.228 e. The molecule has 8 heteroatoms. The quantitative estimate of drug-likeness (QED) is 0.575. The molecular formula is C26H31ClFN3O3. The van der Waals surface area contributed by atoms with Gasteiger partial charge in [-0.15, -0.1) is 0 Å². The van der Waals surface area contributed by atoms with Crippen molar-refractivity contribution in [1.82, 2.24) is 14.8 Å². The van der Waals surface area contributed by atoms with Crippen LogP contribution in [0.2, 0.25) is 5.02 Å². The van der Waals surface area contributed by atoms with Gasteiger partial charge in [-0.25, -0.2) is 4.39 Å². The maximum atomic E-state index is 13.5. The summed E-state index contributed by atoms with van der Waals surface area (Å²) in [5.41, 5.74) is 3.14. The Morgan fingerprint density at radius 3 is 2.71 bits per heavy atom. The second-order valence-corrected chi connectivity index (χ2v) is 9.81. The van der Waals surface area contributed by atoms with Gasteiger partial charge in [0.25, 0.3) is 0 Å². The zero-order valence-electron chi connectivity index (χ0n) is 19.7. The first-order chi connectivity index (χ1) is 16.3. The molecule has 2 atom stereocenters. The molecule has 1 aromatic heterocycles. The van der Waals surface area contributed by atoms with Crippen molar-refractivity contribution in [3.63, 3.8) is 0 Å². The Kier molecular flexibility index (Phi) is 7.96. The lowest BCUT2D eigenvalue weighted by atomic mass is 9.95. The van der Waals surface area contributed by atoms with Crippen molar-refractivity contribution in [1.29, 1.82) is 0 Å². The number of Topliss-reactive ketones (excluding diaryl/α,β-unsaturated/α-hetero) is 1. The first-order valence-electron chi connectivity index (χ1n) is 11.8. The van der Waals surface area contributed by atoms with Crippen molar-refractivity contribution in [2.45, 2.75) is 45.7 Å². The average Bonchev–Trinajstić information content (AvgIpc) is 2.82. The molecular weight excluding hydrogens is 457 g/mol. The zero-order chi connectivity index (χ0) is 24.2. The van der Waals surface area contributed by atoms with Crippen LogP contribution < -0.4 is 0 Å². The Hall–Kier alpha value is -2.35. The van der Waals surface area contributed by atoms with Crippen molar-refractivity contribution in [2.24, 2.45) is 5.92 Å². The van der Waals surface area contributed by atoms with Crippen LogP contribution in [0.15, 0.2) is 30.6 Å². The highest BCUT2D eigenvalue weighted by atomic mass is 35.5. The van der Waals surface area contributed by atoms with Crippen LogP contribution in [-0.2, 0) is 22.5 Å². The largest absolute Gasteiger partial charge is 0.381 e. The highest BCUT2D eigenvalue weighted by Crippen LogP contribution is 2.25. The number of aromatic nitrogens is 1. The van der Waals surface area contributed by atoms with Gasteiger partial charge in [-0.3, -0.25) is 19.5 Å². The summed E-state index contributed by atoms with van der Waals surface area (Å²) >= 11 is 6.41. The maximum absolute atomic E-state index is 13.5. The number of pyridine rings is 1. The Balaban J connectivity index is 1.41. The number of ketones is 1. The van der Waals surface area contributed by atoms with Gasteiger partial charge in [0.15, 0.2) is 5.78 Å². The lowest BCUT2D eigenvalue weighted by Gasteiger charge is -2.42. The fourth-order valence-electron chi connectivity index (χ4n) is 4.90. The summed E-state index contributed by atoms with van der Waals surface area (Å²) in [5.74, 6) is -0.544. The number of carbonyl (C=O) groups excluding carboxylic acids is 2. The number of hydrogen-bond acceptors (Lipinski definition) is 5. The molecule has 3 heterocycles. The standard InChI is InChI=1S/C26H31ClFN3O3/c1-17-14-30(5-6-31(17)26(33)19-4-3-7-34-16-19)15-22-9-23(27)8-20(18(22)2)11-25(32)21-10-24(28)13-29-12-21/h8-10,12-13,17,19H,3-7,11,14-16H2,1-2H3/t17-,19-/m0/s1. The Morgan fingerprint density at radius 2 is 2.00 bits per heavy atom. The maximum Gasteiger partial charge on any atom is 0.228 e. The van der Waals surface area contributed by atoms with Crippen molar-refractivity contribution < 1.29 is 18.7 Å². The van der Waals surface area contributed by atoms with E-state index >= 15 is 0 Å². The van der Waals surface area contributed by atoms with Crippen LogP contribution >= 0.6 is 11.6 Å². The third kappa shape index (κ3) is 5.82. The van der Waals surface area contributed by atoms with Gasteiger partial charge in [0, 0.05) is 62.0 Å². The van der Waals surface area contributed by atoms with E-state index in [4.69, 9.17) is 16.3 Å².